The van der Waals surface area contributed by atoms with Crippen molar-refractivity contribution >= 4 is 51.4 Å². The Morgan fingerprint density at radius 3 is 2.50 bits per heavy atom. The Morgan fingerprint density at radius 2 is 1.64 bits per heavy atom. The summed E-state index contributed by atoms with van der Waals surface area (Å²) in [5, 5.41) is 4.51. The summed E-state index contributed by atoms with van der Waals surface area (Å²) >= 11 is 0.820. The Hall–Kier alpha value is -4.36. The normalized spacial score (nSPS) is 14.4. The molecule has 1 N–H and O–H groups in total. The maximum absolute atomic E-state index is 12.8. The van der Waals surface area contributed by atoms with Gasteiger partial charge in [0.1, 0.15) is 18.9 Å². The first-order valence-corrected chi connectivity index (χ1v) is 12.2. The number of ether oxygens (including phenoxy) is 1. The van der Waals surface area contributed by atoms with Crippen LogP contribution in [0.1, 0.15) is 11.1 Å². The average molecular weight is 495 g/mol. The summed E-state index contributed by atoms with van der Waals surface area (Å²) in [7, 11) is 0. The molecule has 5 rings (SSSR count). The molecule has 0 spiro atoms. The van der Waals surface area contributed by atoms with Gasteiger partial charge in [0.15, 0.2) is 0 Å². The van der Waals surface area contributed by atoms with Crippen LogP contribution >= 0.6 is 11.8 Å². The summed E-state index contributed by atoms with van der Waals surface area (Å²) < 4.78 is 6.03. The molecule has 1 aliphatic rings. The van der Waals surface area contributed by atoms with E-state index in [-0.39, 0.29) is 11.4 Å². The van der Waals surface area contributed by atoms with E-state index in [1.807, 2.05) is 54.6 Å². The fourth-order valence-corrected chi connectivity index (χ4v) is 4.77. The van der Waals surface area contributed by atoms with Gasteiger partial charge < -0.3 is 10.1 Å². The quantitative estimate of drug-likeness (QED) is 0.315. The van der Waals surface area contributed by atoms with Crippen LogP contribution in [0.2, 0.25) is 0 Å². The van der Waals surface area contributed by atoms with E-state index in [1.165, 1.54) is 0 Å². The van der Waals surface area contributed by atoms with E-state index >= 15 is 0 Å². The van der Waals surface area contributed by atoms with Gasteiger partial charge in [-0.2, -0.15) is 0 Å². The second-order valence-electron chi connectivity index (χ2n) is 8.18. The molecule has 0 radical (unpaired) electrons. The number of anilines is 1. The first-order valence-electron chi connectivity index (χ1n) is 11.4. The Morgan fingerprint density at radius 1 is 0.889 bits per heavy atom. The van der Waals surface area contributed by atoms with E-state index in [0.29, 0.717) is 18.0 Å². The van der Waals surface area contributed by atoms with Crippen LogP contribution in [0, 0.1) is 0 Å². The summed E-state index contributed by atoms with van der Waals surface area (Å²) in [6.07, 6.45) is 1.64. The summed E-state index contributed by atoms with van der Waals surface area (Å²) in [5.74, 6) is -0.276. The van der Waals surface area contributed by atoms with Crippen LogP contribution in [-0.2, 0) is 16.2 Å². The van der Waals surface area contributed by atoms with Gasteiger partial charge in [-0.3, -0.25) is 19.3 Å². The molecule has 1 saturated heterocycles. The molecule has 0 unspecified atom stereocenters. The third kappa shape index (κ3) is 5.31. The SMILES string of the molecule is O=C(CN1C(=O)S/C(=C\c2cccc(OCc3cccc4ccccc34)c2)C1=O)Nc1ccccc1. The Kier molecular flexibility index (Phi) is 6.82. The van der Waals surface area contributed by atoms with E-state index < -0.39 is 17.1 Å². The molecule has 1 aliphatic heterocycles. The minimum atomic E-state index is -0.490. The highest BCUT2D eigenvalue weighted by Gasteiger charge is 2.36. The molecule has 0 atom stereocenters. The molecule has 1 heterocycles. The van der Waals surface area contributed by atoms with Crippen molar-refractivity contribution in [2.24, 2.45) is 0 Å². The number of hydrogen-bond acceptors (Lipinski definition) is 5. The highest BCUT2D eigenvalue weighted by Crippen LogP contribution is 2.32. The highest BCUT2D eigenvalue weighted by atomic mass is 32.2. The lowest BCUT2D eigenvalue weighted by Crippen LogP contribution is -2.36. The van der Waals surface area contributed by atoms with Crippen LogP contribution in [0.25, 0.3) is 16.8 Å². The van der Waals surface area contributed by atoms with Gasteiger partial charge in [0.25, 0.3) is 11.1 Å². The zero-order valence-electron chi connectivity index (χ0n) is 19.2. The lowest BCUT2D eigenvalue weighted by atomic mass is 10.1. The number of nitrogens with one attached hydrogen (secondary N) is 1. The zero-order chi connectivity index (χ0) is 24.9. The molecule has 36 heavy (non-hydrogen) atoms. The highest BCUT2D eigenvalue weighted by molar-refractivity contribution is 8.18. The Bertz CT molecular complexity index is 1480. The third-order valence-corrected chi connectivity index (χ3v) is 6.57. The van der Waals surface area contributed by atoms with Crippen LogP contribution in [0.5, 0.6) is 5.75 Å². The van der Waals surface area contributed by atoms with Gasteiger partial charge in [-0.15, -0.1) is 0 Å². The largest absolute Gasteiger partial charge is 0.489 e. The maximum Gasteiger partial charge on any atom is 0.294 e. The van der Waals surface area contributed by atoms with E-state index in [1.54, 1.807) is 30.3 Å². The fourth-order valence-electron chi connectivity index (χ4n) is 3.93. The number of carbonyl (C=O) groups is 3. The van der Waals surface area contributed by atoms with Crippen LogP contribution in [-0.4, -0.2) is 28.5 Å². The minimum absolute atomic E-state index is 0.263. The Balaban J connectivity index is 1.25. The summed E-state index contributed by atoms with van der Waals surface area (Å²) in [6, 6.07) is 30.5. The zero-order valence-corrected chi connectivity index (χ0v) is 20.0. The standard InChI is InChI=1S/C29H22N2O4S/c32-27(30-23-12-2-1-3-13-23)18-31-28(33)26(36-29(31)34)17-20-8-6-14-24(16-20)35-19-22-11-7-10-21-9-4-5-15-25(21)22/h1-17H,18-19H2,(H,30,32)/b26-17-. The lowest BCUT2D eigenvalue weighted by molar-refractivity contribution is -0.127. The van der Waals surface area contributed by atoms with Crippen LogP contribution < -0.4 is 10.1 Å². The van der Waals surface area contributed by atoms with Gasteiger partial charge in [0, 0.05) is 5.69 Å². The summed E-state index contributed by atoms with van der Waals surface area (Å²) in [4.78, 5) is 38.8. The molecule has 0 bridgehead atoms. The number of thioether (sulfide) groups is 1. The summed E-state index contributed by atoms with van der Waals surface area (Å²) in [6.45, 7) is 0.0585. The van der Waals surface area contributed by atoms with E-state index in [0.717, 1.165) is 38.6 Å². The van der Waals surface area contributed by atoms with Crippen LogP contribution in [0.4, 0.5) is 10.5 Å². The topological polar surface area (TPSA) is 75.7 Å². The molecule has 4 aromatic rings. The van der Waals surface area contributed by atoms with Gasteiger partial charge >= 0.3 is 0 Å². The van der Waals surface area contributed by atoms with Crippen molar-refractivity contribution in [2.45, 2.75) is 6.61 Å². The van der Waals surface area contributed by atoms with Crippen molar-refractivity contribution in [3.63, 3.8) is 0 Å². The van der Waals surface area contributed by atoms with Crippen molar-refractivity contribution in [2.75, 3.05) is 11.9 Å². The summed E-state index contributed by atoms with van der Waals surface area (Å²) in [5.41, 5.74) is 2.41. The molecule has 3 amide bonds. The molecule has 4 aromatic carbocycles. The van der Waals surface area contributed by atoms with E-state index in [9.17, 15) is 14.4 Å². The number of imide groups is 1. The first-order chi connectivity index (χ1) is 17.6. The molecular formula is C29H22N2O4S. The van der Waals surface area contributed by atoms with Gasteiger partial charge in [0.2, 0.25) is 5.91 Å². The number of amides is 3. The number of para-hydroxylation sites is 1. The smallest absolute Gasteiger partial charge is 0.294 e. The number of benzene rings is 4. The van der Waals surface area contributed by atoms with Crippen LogP contribution in [0.15, 0.2) is 102 Å². The monoisotopic (exact) mass is 494 g/mol. The van der Waals surface area contributed by atoms with Crippen molar-refractivity contribution in [1.29, 1.82) is 0 Å². The molecule has 0 aromatic heterocycles. The molecule has 6 nitrogen and oxygen atoms in total. The minimum Gasteiger partial charge on any atom is -0.489 e. The number of rotatable bonds is 7. The van der Waals surface area contributed by atoms with Gasteiger partial charge in [0.05, 0.1) is 4.91 Å². The van der Waals surface area contributed by atoms with E-state index in [4.69, 9.17) is 4.74 Å². The van der Waals surface area contributed by atoms with Crippen molar-refractivity contribution in [3.8, 4) is 5.75 Å². The predicted octanol–water partition coefficient (Wildman–Crippen LogP) is 6.09. The average Bonchev–Trinajstić information content (AvgIpc) is 3.15. The van der Waals surface area contributed by atoms with E-state index in [2.05, 4.69) is 23.5 Å². The lowest BCUT2D eigenvalue weighted by Gasteiger charge is -2.12. The second kappa shape index (κ2) is 10.5. The van der Waals surface area contributed by atoms with Crippen molar-refractivity contribution in [3.05, 3.63) is 113 Å². The predicted molar refractivity (Wildman–Crippen MR) is 142 cm³/mol. The van der Waals surface area contributed by atoms with Gasteiger partial charge in [-0.25, -0.2) is 0 Å². The number of carbonyl (C=O) groups excluding carboxylic acids is 3. The van der Waals surface area contributed by atoms with Gasteiger partial charge in [-0.05, 0) is 64.0 Å². The molecular weight excluding hydrogens is 472 g/mol. The second-order valence-corrected chi connectivity index (χ2v) is 9.17. The molecule has 178 valence electrons. The maximum atomic E-state index is 12.8. The fraction of sp³-hybridized carbons (Fsp3) is 0.0690. The number of hydrogen-bond donors (Lipinski definition) is 1. The Labute approximate surface area is 212 Å². The molecule has 7 heteroatoms. The third-order valence-electron chi connectivity index (χ3n) is 5.66. The number of fused-ring (bicyclic) bond motifs is 1. The molecule has 0 aliphatic carbocycles. The molecule has 0 saturated carbocycles. The van der Waals surface area contributed by atoms with Crippen LogP contribution in [0.3, 0.4) is 0 Å². The number of nitrogens with zero attached hydrogens (tertiary/aromatic N) is 1. The van der Waals surface area contributed by atoms with Crippen molar-refractivity contribution < 1.29 is 19.1 Å². The first kappa shape index (κ1) is 23.4. The van der Waals surface area contributed by atoms with Crippen molar-refractivity contribution in [1.82, 2.24) is 4.90 Å². The van der Waals surface area contributed by atoms with Gasteiger partial charge in [-0.1, -0.05) is 72.8 Å². The molecule has 1 fully saturated rings.